The molecule has 0 fully saturated rings. The number of halogens is 3. The van der Waals surface area contributed by atoms with Crippen LogP contribution in [0.5, 0.6) is 5.75 Å². The fourth-order valence-electron chi connectivity index (χ4n) is 2.25. The summed E-state index contributed by atoms with van der Waals surface area (Å²) < 4.78 is 42.2. The number of nitrogens with zero attached hydrogens (tertiary/aromatic N) is 1. The molecule has 1 aliphatic rings. The van der Waals surface area contributed by atoms with E-state index in [0.29, 0.717) is 36.8 Å². The number of hydrogen-bond donors (Lipinski definition) is 3. The third-order valence-corrected chi connectivity index (χ3v) is 4.02. The molecule has 1 aromatic carbocycles. The highest BCUT2D eigenvalue weighted by Gasteiger charge is 2.33. The Bertz CT molecular complexity index is 649. The Morgan fingerprint density at radius 3 is 2.76 bits per heavy atom. The SMILES string of the molecule is CC1Oc2ccc(CNCCCCNC(=S)C(F)(F)F)cc2N=C1N. The predicted molar refractivity (Wildman–Crippen MR) is 95.4 cm³/mol. The highest BCUT2D eigenvalue weighted by Crippen LogP contribution is 2.32. The molecular formula is C16H21F3N4OS. The zero-order valence-corrected chi connectivity index (χ0v) is 14.6. The van der Waals surface area contributed by atoms with Gasteiger partial charge in [0.1, 0.15) is 17.3 Å². The van der Waals surface area contributed by atoms with Gasteiger partial charge < -0.3 is 21.1 Å². The largest absolute Gasteiger partial charge is 0.481 e. The third kappa shape index (κ3) is 5.86. The smallest absolute Gasteiger partial charge is 0.441 e. The van der Waals surface area contributed by atoms with Crippen molar-refractivity contribution in [2.75, 3.05) is 13.1 Å². The van der Waals surface area contributed by atoms with Crippen LogP contribution in [0.4, 0.5) is 18.9 Å². The fraction of sp³-hybridized carbons (Fsp3) is 0.500. The molecule has 138 valence electrons. The molecule has 9 heteroatoms. The lowest BCUT2D eigenvalue weighted by molar-refractivity contribution is -0.0591. The lowest BCUT2D eigenvalue weighted by Crippen LogP contribution is -2.35. The minimum absolute atomic E-state index is 0.211. The lowest BCUT2D eigenvalue weighted by atomic mass is 10.1. The maximum Gasteiger partial charge on any atom is 0.441 e. The van der Waals surface area contributed by atoms with Crippen molar-refractivity contribution in [2.24, 2.45) is 10.7 Å². The molecule has 0 aromatic heterocycles. The topological polar surface area (TPSA) is 71.7 Å². The average Bonchev–Trinajstić information content (AvgIpc) is 2.54. The van der Waals surface area contributed by atoms with Crippen molar-refractivity contribution in [3.05, 3.63) is 23.8 Å². The van der Waals surface area contributed by atoms with Gasteiger partial charge in [-0.1, -0.05) is 18.3 Å². The Labute approximate surface area is 149 Å². The summed E-state index contributed by atoms with van der Waals surface area (Å²) in [7, 11) is 0. The summed E-state index contributed by atoms with van der Waals surface area (Å²) in [4.78, 5) is 3.26. The number of alkyl halides is 3. The van der Waals surface area contributed by atoms with Gasteiger partial charge in [-0.2, -0.15) is 13.2 Å². The predicted octanol–water partition coefficient (Wildman–Crippen LogP) is 2.81. The Morgan fingerprint density at radius 2 is 2.04 bits per heavy atom. The normalized spacial score (nSPS) is 16.6. The van der Waals surface area contributed by atoms with Crippen molar-refractivity contribution in [3.63, 3.8) is 0 Å². The highest BCUT2D eigenvalue weighted by molar-refractivity contribution is 7.80. The van der Waals surface area contributed by atoms with Gasteiger partial charge in [0.05, 0.1) is 0 Å². The lowest BCUT2D eigenvalue weighted by Gasteiger charge is -2.21. The molecule has 1 unspecified atom stereocenters. The first-order valence-corrected chi connectivity index (χ1v) is 8.37. The van der Waals surface area contributed by atoms with E-state index in [9.17, 15) is 13.2 Å². The summed E-state index contributed by atoms with van der Waals surface area (Å²) in [6, 6.07) is 5.71. The highest BCUT2D eigenvalue weighted by atomic mass is 32.1. The molecule has 5 nitrogen and oxygen atoms in total. The van der Waals surface area contributed by atoms with Crippen molar-refractivity contribution in [1.29, 1.82) is 0 Å². The van der Waals surface area contributed by atoms with Crippen LogP contribution in [-0.2, 0) is 6.54 Å². The Balaban J connectivity index is 1.67. The molecule has 1 aromatic rings. The van der Waals surface area contributed by atoms with E-state index in [1.54, 1.807) is 0 Å². The van der Waals surface area contributed by atoms with Crippen LogP contribution >= 0.6 is 12.2 Å². The first-order chi connectivity index (χ1) is 11.8. The molecule has 1 aliphatic heterocycles. The summed E-state index contributed by atoms with van der Waals surface area (Å²) in [5.74, 6) is 1.15. The Morgan fingerprint density at radius 1 is 1.32 bits per heavy atom. The molecule has 0 saturated heterocycles. The quantitative estimate of drug-likeness (QED) is 0.506. The number of unbranched alkanes of at least 4 members (excludes halogenated alkanes) is 1. The molecule has 0 amide bonds. The molecule has 1 atom stereocenters. The Kier molecular flexibility index (Phi) is 6.60. The van der Waals surface area contributed by atoms with Gasteiger partial charge in [0.2, 0.25) is 0 Å². The minimum Gasteiger partial charge on any atom is -0.481 e. The first-order valence-electron chi connectivity index (χ1n) is 7.97. The number of rotatable bonds is 7. The fourth-order valence-corrected chi connectivity index (χ4v) is 2.35. The van der Waals surface area contributed by atoms with E-state index in [2.05, 4.69) is 27.8 Å². The van der Waals surface area contributed by atoms with E-state index >= 15 is 0 Å². The Hall–Kier alpha value is -1.87. The van der Waals surface area contributed by atoms with Gasteiger partial charge in [-0.05, 0) is 44.0 Å². The van der Waals surface area contributed by atoms with Crippen LogP contribution in [0, 0.1) is 0 Å². The second kappa shape index (κ2) is 8.48. The molecule has 25 heavy (non-hydrogen) atoms. The number of fused-ring (bicyclic) bond motifs is 1. The van der Waals surface area contributed by atoms with E-state index < -0.39 is 11.2 Å². The van der Waals surface area contributed by atoms with Gasteiger partial charge in [0.15, 0.2) is 11.1 Å². The molecule has 0 radical (unpaired) electrons. The molecule has 2 rings (SSSR count). The number of thiocarbonyl (C=S) groups is 1. The van der Waals surface area contributed by atoms with Crippen molar-refractivity contribution in [3.8, 4) is 5.75 Å². The van der Waals surface area contributed by atoms with Gasteiger partial charge in [0.25, 0.3) is 0 Å². The molecule has 1 heterocycles. The van der Waals surface area contributed by atoms with Crippen LogP contribution in [0.3, 0.4) is 0 Å². The third-order valence-electron chi connectivity index (χ3n) is 3.65. The number of nitrogens with one attached hydrogen (secondary N) is 2. The number of aliphatic imine (C=N–C) groups is 1. The maximum absolute atomic E-state index is 12.2. The molecule has 0 spiro atoms. The van der Waals surface area contributed by atoms with Crippen LogP contribution < -0.4 is 21.1 Å². The second-order valence-electron chi connectivity index (χ2n) is 5.74. The summed E-state index contributed by atoms with van der Waals surface area (Å²) in [6.45, 7) is 3.37. The summed E-state index contributed by atoms with van der Waals surface area (Å²) >= 11 is 4.24. The van der Waals surface area contributed by atoms with Gasteiger partial charge in [0, 0.05) is 13.1 Å². The van der Waals surface area contributed by atoms with Crippen LogP contribution in [0.1, 0.15) is 25.3 Å². The standard InChI is InChI=1S/C16H21F3N4OS/c1-10-14(20)23-12-8-11(4-5-13(12)24-10)9-21-6-2-3-7-22-15(25)16(17,18)19/h4-5,8,10,21H,2-3,6-7,9H2,1H3,(H2,20,23)(H,22,25). The summed E-state index contributed by atoms with van der Waals surface area (Å²) in [5.41, 5.74) is 7.52. The molecule has 0 aliphatic carbocycles. The second-order valence-corrected chi connectivity index (χ2v) is 6.14. The number of amidine groups is 1. The average molecular weight is 374 g/mol. The van der Waals surface area contributed by atoms with E-state index in [4.69, 9.17) is 10.5 Å². The minimum atomic E-state index is -4.45. The number of ether oxygens (including phenoxy) is 1. The van der Waals surface area contributed by atoms with Crippen molar-refractivity contribution in [2.45, 2.75) is 38.6 Å². The maximum atomic E-state index is 12.2. The van der Waals surface area contributed by atoms with E-state index in [0.717, 1.165) is 12.0 Å². The summed E-state index contributed by atoms with van der Waals surface area (Å²) in [6.07, 6.45) is -3.34. The molecule has 0 saturated carbocycles. The number of nitrogens with two attached hydrogens (primary N) is 1. The molecule has 0 bridgehead atoms. The first kappa shape index (κ1) is 19.5. The number of hydrogen-bond acceptors (Lipinski definition) is 5. The van der Waals surface area contributed by atoms with Crippen LogP contribution in [0.2, 0.25) is 0 Å². The van der Waals surface area contributed by atoms with E-state index in [1.807, 2.05) is 25.1 Å². The van der Waals surface area contributed by atoms with Crippen LogP contribution in [0.15, 0.2) is 23.2 Å². The van der Waals surface area contributed by atoms with Crippen molar-refractivity contribution >= 4 is 28.7 Å². The summed E-state index contributed by atoms with van der Waals surface area (Å²) in [5, 5.41) is 5.45. The molecule has 4 N–H and O–H groups in total. The van der Waals surface area contributed by atoms with E-state index in [1.165, 1.54) is 0 Å². The van der Waals surface area contributed by atoms with Crippen molar-refractivity contribution < 1.29 is 17.9 Å². The zero-order valence-electron chi connectivity index (χ0n) is 13.8. The molecular weight excluding hydrogens is 353 g/mol. The van der Waals surface area contributed by atoms with Crippen molar-refractivity contribution in [1.82, 2.24) is 10.6 Å². The van der Waals surface area contributed by atoms with Gasteiger partial charge in [-0.25, -0.2) is 4.99 Å². The van der Waals surface area contributed by atoms with Crippen LogP contribution in [0.25, 0.3) is 0 Å². The number of benzene rings is 1. The van der Waals surface area contributed by atoms with Crippen LogP contribution in [-0.4, -0.2) is 36.2 Å². The van der Waals surface area contributed by atoms with E-state index in [-0.39, 0.29) is 12.6 Å². The monoisotopic (exact) mass is 374 g/mol. The van der Waals surface area contributed by atoms with Gasteiger partial charge >= 0.3 is 6.18 Å². The van der Waals surface area contributed by atoms with Gasteiger partial charge in [-0.3, -0.25) is 0 Å². The zero-order chi connectivity index (χ0) is 18.4. The van der Waals surface area contributed by atoms with Gasteiger partial charge in [-0.15, -0.1) is 0 Å².